The number of carbonyl (C=O) groups is 2. The zero-order chi connectivity index (χ0) is 17.8. The summed E-state index contributed by atoms with van der Waals surface area (Å²) < 4.78 is 60.8. The standard InChI is InChI=1S/C13H13F4NO5/c1-13(2,3)23-12(20)18-21-5-8(19)22-7-4-6(14)9(15)11(17)10(7)16/h4H,5H2,1-3H3,(H,18,20). The van der Waals surface area contributed by atoms with Gasteiger partial charge in [-0.15, -0.1) is 0 Å². The lowest BCUT2D eigenvalue weighted by Gasteiger charge is -2.19. The summed E-state index contributed by atoms with van der Waals surface area (Å²) >= 11 is 0. The number of hydrogen-bond acceptors (Lipinski definition) is 5. The number of hydrogen-bond donors (Lipinski definition) is 1. The highest BCUT2D eigenvalue weighted by Crippen LogP contribution is 2.24. The maximum atomic E-state index is 13.2. The van der Waals surface area contributed by atoms with E-state index in [1.54, 1.807) is 26.3 Å². The highest BCUT2D eigenvalue weighted by molar-refractivity contribution is 5.74. The molecule has 0 aliphatic rings. The lowest BCUT2D eigenvalue weighted by atomic mass is 10.2. The van der Waals surface area contributed by atoms with Gasteiger partial charge in [-0.1, -0.05) is 0 Å². The van der Waals surface area contributed by atoms with Gasteiger partial charge in [-0.05, 0) is 20.8 Å². The molecule has 0 fully saturated rings. The van der Waals surface area contributed by atoms with Crippen molar-refractivity contribution in [3.63, 3.8) is 0 Å². The van der Waals surface area contributed by atoms with Gasteiger partial charge in [0.25, 0.3) is 0 Å². The van der Waals surface area contributed by atoms with E-state index >= 15 is 0 Å². The van der Waals surface area contributed by atoms with Gasteiger partial charge in [0.05, 0.1) is 0 Å². The molecule has 0 aliphatic heterocycles. The molecule has 128 valence electrons. The van der Waals surface area contributed by atoms with Crippen LogP contribution in [0.4, 0.5) is 22.4 Å². The molecule has 6 nitrogen and oxygen atoms in total. The number of esters is 1. The van der Waals surface area contributed by atoms with Gasteiger partial charge in [-0.25, -0.2) is 22.8 Å². The van der Waals surface area contributed by atoms with Crippen LogP contribution in [0.15, 0.2) is 6.07 Å². The molecule has 23 heavy (non-hydrogen) atoms. The van der Waals surface area contributed by atoms with Crippen LogP contribution in [0.25, 0.3) is 0 Å². The molecule has 0 saturated carbocycles. The van der Waals surface area contributed by atoms with Gasteiger partial charge >= 0.3 is 12.1 Å². The normalized spacial score (nSPS) is 11.1. The zero-order valence-electron chi connectivity index (χ0n) is 12.3. The molecule has 0 unspecified atom stereocenters. The second-order valence-corrected chi connectivity index (χ2v) is 5.17. The van der Waals surface area contributed by atoms with Crippen LogP contribution in [0.1, 0.15) is 20.8 Å². The summed E-state index contributed by atoms with van der Waals surface area (Å²) in [5.74, 6) is -10.2. The molecule has 0 bridgehead atoms. The third-order valence-electron chi connectivity index (χ3n) is 2.04. The van der Waals surface area contributed by atoms with E-state index in [2.05, 4.69) is 9.57 Å². The fourth-order valence-electron chi connectivity index (χ4n) is 1.23. The first kappa shape index (κ1) is 18.7. The van der Waals surface area contributed by atoms with Crippen LogP contribution in [0.2, 0.25) is 0 Å². The van der Waals surface area contributed by atoms with Crippen molar-refractivity contribution in [3.8, 4) is 5.75 Å². The molecule has 1 rings (SSSR count). The Bertz CT molecular complexity index is 615. The fraction of sp³-hybridized carbons (Fsp3) is 0.385. The zero-order valence-corrected chi connectivity index (χ0v) is 12.3. The SMILES string of the molecule is CC(C)(C)OC(=O)NOCC(=O)Oc1cc(F)c(F)c(F)c1F. The number of halogens is 4. The highest BCUT2D eigenvalue weighted by atomic mass is 19.2. The smallest absolute Gasteiger partial charge is 0.431 e. The van der Waals surface area contributed by atoms with Crippen LogP contribution in [0.5, 0.6) is 5.75 Å². The van der Waals surface area contributed by atoms with E-state index in [9.17, 15) is 27.2 Å². The van der Waals surface area contributed by atoms with E-state index < -0.39 is 53.3 Å². The Hall–Kier alpha value is -2.36. The number of nitrogens with one attached hydrogen (secondary N) is 1. The predicted octanol–water partition coefficient (Wildman–Crippen LogP) is 2.60. The molecule has 0 saturated heterocycles. The first-order valence-electron chi connectivity index (χ1n) is 6.15. The van der Waals surface area contributed by atoms with Crippen molar-refractivity contribution in [2.24, 2.45) is 0 Å². The molecule has 0 aromatic heterocycles. The van der Waals surface area contributed by atoms with Crippen molar-refractivity contribution in [3.05, 3.63) is 29.3 Å². The van der Waals surface area contributed by atoms with E-state index in [1.165, 1.54) is 0 Å². The highest BCUT2D eigenvalue weighted by Gasteiger charge is 2.22. The maximum absolute atomic E-state index is 13.2. The lowest BCUT2D eigenvalue weighted by molar-refractivity contribution is -0.142. The summed E-state index contributed by atoms with van der Waals surface area (Å²) in [6, 6.07) is 0.160. The summed E-state index contributed by atoms with van der Waals surface area (Å²) in [7, 11) is 0. The topological polar surface area (TPSA) is 73.9 Å². The molecule has 1 N–H and O–H groups in total. The van der Waals surface area contributed by atoms with E-state index in [-0.39, 0.29) is 6.07 Å². The fourth-order valence-corrected chi connectivity index (χ4v) is 1.23. The summed E-state index contributed by atoms with van der Waals surface area (Å²) in [6.07, 6.45) is -1.00. The molecule has 0 spiro atoms. The van der Waals surface area contributed by atoms with Crippen molar-refractivity contribution >= 4 is 12.1 Å². The Morgan fingerprint density at radius 2 is 1.70 bits per heavy atom. The largest absolute Gasteiger partial charge is 0.442 e. The van der Waals surface area contributed by atoms with E-state index in [0.717, 1.165) is 0 Å². The number of hydroxylamine groups is 1. The quantitative estimate of drug-likeness (QED) is 0.228. The lowest BCUT2D eigenvalue weighted by Crippen LogP contribution is -2.34. The van der Waals surface area contributed by atoms with Crippen LogP contribution in [0.3, 0.4) is 0 Å². The van der Waals surface area contributed by atoms with Gasteiger partial charge in [-0.2, -0.15) is 9.87 Å². The molecule has 0 heterocycles. The van der Waals surface area contributed by atoms with Gasteiger partial charge in [0, 0.05) is 6.07 Å². The number of carbonyl (C=O) groups excluding carboxylic acids is 2. The van der Waals surface area contributed by atoms with Gasteiger partial charge in [0.15, 0.2) is 24.0 Å². The summed E-state index contributed by atoms with van der Waals surface area (Å²) in [5, 5.41) is 0. The summed E-state index contributed by atoms with van der Waals surface area (Å²) in [5.41, 5.74) is 0.933. The summed E-state index contributed by atoms with van der Waals surface area (Å²) in [6.45, 7) is 3.84. The number of rotatable bonds is 4. The Balaban J connectivity index is 2.54. The average molecular weight is 339 g/mol. The van der Waals surface area contributed by atoms with E-state index in [1.807, 2.05) is 0 Å². The first-order chi connectivity index (χ1) is 10.5. The van der Waals surface area contributed by atoms with Crippen molar-refractivity contribution in [1.82, 2.24) is 5.48 Å². The summed E-state index contributed by atoms with van der Waals surface area (Å²) in [4.78, 5) is 26.9. The van der Waals surface area contributed by atoms with Gasteiger partial charge in [0.1, 0.15) is 5.60 Å². The van der Waals surface area contributed by atoms with E-state index in [4.69, 9.17) is 4.74 Å². The first-order valence-corrected chi connectivity index (χ1v) is 6.15. The molecule has 1 aromatic rings. The Morgan fingerprint density at radius 1 is 1.09 bits per heavy atom. The maximum Gasteiger partial charge on any atom is 0.431 e. The third kappa shape index (κ3) is 5.74. The van der Waals surface area contributed by atoms with Gasteiger partial charge < -0.3 is 9.47 Å². The van der Waals surface area contributed by atoms with Crippen molar-refractivity contribution in [2.45, 2.75) is 26.4 Å². The van der Waals surface area contributed by atoms with Crippen LogP contribution < -0.4 is 10.2 Å². The van der Waals surface area contributed by atoms with Crippen molar-refractivity contribution < 1.29 is 41.5 Å². The number of benzene rings is 1. The Kier molecular flexibility index (Phi) is 5.91. The Morgan fingerprint density at radius 3 is 2.26 bits per heavy atom. The monoisotopic (exact) mass is 339 g/mol. The second-order valence-electron chi connectivity index (χ2n) is 5.17. The van der Waals surface area contributed by atoms with Crippen molar-refractivity contribution in [2.75, 3.05) is 6.61 Å². The van der Waals surface area contributed by atoms with Gasteiger partial charge in [0.2, 0.25) is 11.6 Å². The minimum Gasteiger partial charge on any atom is -0.442 e. The molecule has 0 atom stereocenters. The average Bonchev–Trinajstić information content (AvgIpc) is 2.40. The molecule has 0 aliphatic carbocycles. The minimum atomic E-state index is -2.12. The van der Waals surface area contributed by atoms with Crippen molar-refractivity contribution in [1.29, 1.82) is 0 Å². The second kappa shape index (κ2) is 7.27. The van der Waals surface area contributed by atoms with Crippen LogP contribution in [-0.2, 0) is 14.4 Å². The third-order valence-corrected chi connectivity index (χ3v) is 2.04. The van der Waals surface area contributed by atoms with Gasteiger partial charge in [-0.3, -0.25) is 4.84 Å². The molecule has 0 radical (unpaired) electrons. The number of amides is 1. The number of ether oxygens (including phenoxy) is 2. The molecular weight excluding hydrogens is 326 g/mol. The minimum absolute atomic E-state index is 0.160. The Labute approximate surface area is 128 Å². The van der Waals surface area contributed by atoms with Crippen LogP contribution in [-0.4, -0.2) is 24.3 Å². The molecular formula is C13H13F4NO5. The molecule has 1 aromatic carbocycles. The van der Waals surface area contributed by atoms with Crippen LogP contribution >= 0.6 is 0 Å². The predicted molar refractivity (Wildman–Crippen MR) is 67.2 cm³/mol. The van der Waals surface area contributed by atoms with Crippen LogP contribution in [0, 0.1) is 23.3 Å². The molecule has 1 amide bonds. The molecule has 10 heteroatoms. The van der Waals surface area contributed by atoms with E-state index in [0.29, 0.717) is 0 Å².